The fourth-order valence-electron chi connectivity index (χ4n) is 3.35. The number of nitrogens with two attached hydrogens (primary N) is 1. The summed E-state index contributed by atoms with van der Waals surface area (Å²) >= 11 is 0. The number of benzene rings is 1. The van der Waals surface area contributed by atoms with Crippen LogP contribution in [-0.4, -0.2) is 38.3 Å². The number of methoxy groups -OCH3 is 1. The molecule has 4 rings (SSSR count). The van der Waals surface area contributed by atoms with E-state index in [-0.39, 0.29) is 0 Å². The van der Waals surface area contributed by atoms with E-state index in [1.165, 1.54) is 5.56 Å². The summed E-state index contributed by atoms with van der Waals surface area (Å²) in [5, 5.41) is 4.57. The molecule has 2 N–H and O–H groups in total. The van der Waals surface area contributed by atoms with Crippen LogP contribution >= 0.6 is 0 Å². The van der Waals surface area contributed by atoms with Gasteiger partial charge >= 0.3 is 0 Å². The summed E-state index contributed by atoms with van der Waals surface area (Å²) in [6.45, 7) is 4.75. The second kappa shape index (κ2) is 6.76. The Bertz CT molecular complexity index is 918. The fraction of sp³-hybridized carbons (Fsp3) is 0.316. The maximum absolute atomic E-state index is 5.68. The molecule has 7 nitrogen and oxygen atoms in total. The normalized spacial score (nSPS) is 14.2. The van der Waals surface area contributed by atoms with Gasteiger partial charge in [0.25, 0.3) is 0 Å². The van der Waals surface area contributed by atoms with Crippen LogP contribution in [-0.2, 0) is 19.5 Å². The van der Waals surface area contributed by atoms with Crippen molar-refractivity contribution >= 4 is 5.95 Å². The Labute approximate surface area is 152 Å². The molecule has 0 saturated carbocycles. The van der Waals surface area contributed by atoms with Gasteiger partial charge in [0.2, 0.25) is 5.95 Å². The molecule has 3 heterocycles. The van der Waals surface area contributed by atoms with Crippen LogP contribution in [0.5, 0.6) is 5.75 Å². The number of rotatable bonds is 4. The van der Waals surface area contributed by atoms with Crippen LogP contribution in [0.3, 0.4) is 0 Å². The van der Waals surface area contributed by atoms with Crippen molar-refractivity contribution in [2.75, 3.05) is 19.4 Å². The number of nitrogen functional groups attached to an aromatic ring is 1. The maximum Gasteiger partial charge on any atom is 0.220 e. The minimum atomic E-state index is 0.355. The largest absolute Gasteiger partial charge is 0.497 e. The highest BCUT2D eigenvalue weighted by Crippen LogP contribution is 2.22. The molecule has 0 atom stereocenters. The first-order chi connectivity index (χ1) is 12.6. The molecule has 0 radical (unpaired) electrons. The lowest BCUT2D eigenvalue weighted by atomic mass is 10.1. The van der Waals surface area contributed by atoms with E-state index in [0.717, 1.165) is 54.4 Å². The Balaban J connectivity index is 1.51. The predicted octanol–water partition coefficient (Wildman–Crippen LogP) is 2.12. The average Bonchev–Trinajstić information content (AvgIpc) is 3.02. The number of aromatic nitrogens is 4. The number of fused-ring (bicyclic) bond motifs is 1. The van der Waals surface area contributed by atoms with E-state index < -0.39 is 0 Å². The Kier molecular flexibility index (Phi) is 4.30. The molecular formula is C19H22N6O. The van der Waals surface area contributed by atoms with Gasteiger partial charge in [0.1, 0.15) is 5.75 Å². The quantitative estimate of drug-likeness (QED) is 0.776. The first kappa shape index (κ1) is 16.5. The summed E-state index contributed by atoms with van der Waals surface area (Å²) in [7, 11) is 1.67. The highest BCUT2D eigenvalue weighted by Gasteiger charge is 2.20. The van der Waals surface area contributed by atoms with Crippen molar-refractivity contribution in [3.63, 3.8) is 0 Å². The molecule has 1 aromatic carbocycles. The molecule has 7 heteroatoms. The minimum absolute atomic E-state index is 0.355. The first-order valence-electron chi connectivity index (χ1n) is 8.64. The van der Waals surface area contributed by atoms with Gasteiger partial charge in [0.15, 0.2) is 0 Å². The summed E-state index contributed by atoms with van der Waals surface area (Å²) in [4.78, 5) is 10.9. The van der Waals surface area contributed by atoms with Crippen LogP contribution in [0.15, 0.2) is 36.7 Å². The molecule has 2 aromatic heterocycles. The second-order valence-electron chi connectivity index (χ2n) is 6.53. The molecule has 26 heavy (non-hydrogen) atoms. The molecule has 0 spiro atoms. The molecule has 0 unspecified atom stereocenters. The zero-order valence-electron chi connectivity index (χ0n) is 15.0. The third kappa shape index (κ3) is 3.13. The van der Waals surface area contributed by atoms with Crippen molar-refractivity contribution in [1.29, 1.82) is 0 Å². The van der Waals surface area contributed by atoms with Crippen molar-refractivity contribution in [2.24, 2.45) is 0 Å². The number of hydrogen-bond donors (Lipinski definition) is 1. The molecule has 1 aliphatic rings. The standard InChI is InChI=1S/C19H22N6O/c1-13-14(10-22-25(13)16-3-5-17(26-2)6-4-16)11-24-8-7-18-15(12-24)9-21-19(20)23-18/h3-6,9-10H,7-8,11-12H2,1-2H3,(H2,20,21,23). The van der Waals surface area contributed by atoms with Crippen LogP contribution in [0.1, 0.15) is 22.5 Å². The lowest BCUT2D eigenvalue weighted by molar-refractivity contribution is 0.242. The number of ether oxygens (including phenoxy) is 1. The molecule has 134 valence electrons. The zero-order chi connectivity index (χ0) is 18.1. The maximum atomic E-state index is 5.68. The van der Waals surface area contributed by atoms with Crippen molar-refractivity contribution in [3.05, 3.63) is 59.2 Å². The van der Waals surface area contributed by atoms with E-state index >= 15 is 0 Å². The Hall–Kier alpha value is -2.93. The predicted molar refractivity (Wildman–Crippen MR) is 99.1 cm³/mol. The molecular weight excluding hydrogens is 328 g/mol. The average molecular weight is 350 g/mol. The Morgan fingerprint density at radius 2 is 2.00 bits per heavy atom. The van der Waals surface area contributed by atoms with Gasteiger partial charge in [0, 0.05) is 49.1 Å². The third-order valence-electron chi connectivity index (χ3n) is 4.85. The van der Waals surface area contributed by atoms with Crippen LogP contribution in [0.25, 0.3) is 5.69 Å². The number of hydrogen-bond acceptors (Lipinski definition) is 6. The molecule has 0 fully saturated rings. The smallest absolute Gasteiger partial charge is 0.220 e. The van der Waals surface area contributed by atoms with Crippen molar-refractivity contribution in [3.8, 4) is 11.4 Å². The summed E-state index contributed by atoms with van der Waals surface area (Å²) in [5.74, 6) is 1.20. The van der Waals surface area contributed by atoms with Crippen LogP contribution in [0, 0.1) is 6.92 Å². The van der Waals surface area contributed by atoms with E-state index in [0.29, 0.717) is 5.95 Å². The highest BCUT2D eigenvalue weighted by atomic mass is 16.5. The number of nitrogens with zero attached hydrogens (tertiary/aromatic N) is 5. The van der Waals surface area contributed by atoms with Crippen molar-refractivity contribution in [1.82, 2.24) is 24.6 Å². The summed E-state index contributed by atoms with van der Waals surface area (Å²) in [5.41, 5.74) is 11.3. The molecule has 0 amide bonds. The van der Waals surface area contributed by atoms with Crippen LogP contribution in [0.2, 0.25) is 0 Å². The lowest BCUT2D eigenvalue weighted by Crippen LogP contribution is -2.31. The molecule has 0 bridgehead atoms. The number of anilines is 1. The van der Waals surface area contributed by atoms with E-state index in [2.05, 4.69) is 26.9 Å². The van der Waals surface area contributed by atoms with Gasteiger partial charge in [-0.1, -0.05) is 0 Å². The Morgan fingerprint density at radius 3 is 2.77 bits per heavy atom. The van der Waals surface area contributed by atoms with Gasteiger partial charge in [-0.2, -0.15) is 5.10 Å². The second-order valence-corrected chi connectivity index (χ2v) is 6.53. The zero-order valence-corrected chi connectivity index (χ0v) is 15.0. The Morgan fingerprint density at radius 1 is 1.19 bits per heavy atom. The van der Waals surface area contributed by atoms with Crippen LogP contribution in [0.4, 0.5) is 5.95 Å². The monoisotopic (exact) mass is 350 g/mol. The topological polar surface area (TPSA) is 82.1 Å². The van der Waals surface area contributed by atoms with E-state index in [1.807, 2.05) is 41.3 Å². The van der Waals surface area contributed by atoms with Gasteiger partial charge in [-0.25, -0.2) is 14.6 Å². The summed E-state index contributed by atoms with van der Waals surface area (Å²) < 4.78 is 7.19. The van der Waals surface area contributed by atoms with E-state index in [9.17, 15) is 0 Å². The SMILES string of the molecule is COc1ccc(-n2ncc(CN3CCc4nc(N)ncc4C3)c2C)cc1. The third-order valence-corrected chi connectivity index (χ3v) is 4.85. The fourth-order valence-corrected chi connectivity index (χ4v) is 3.35. The molecule has 3 aromatic rings. The van der Waals surface area contributed by atoms with E-state index in [1.54, 1.807) is 7.11 Å². The summed E-state index contributed by atoms with van der Waals surface area (Å²) in [6.07, 6.45) is 4.69. The van der Waals surface area contributed by atoms with Gasteiger partial charge in [0.05, 0.1) is 24.7 Å². The van der Waals surface area contributed by atoms with Crippen LogP contribution < -0.4 is 10.5 Å². The molecule has 1 aliphatic heterocycles. The molecule has 0 aliphatic carbocycles. The first-order valence-corrected chi connectivity index (χ1v) is 8.64. The van der Waals surface area contributed by atoms with Gasteiger partial charge in [-0.3, -0.25) is 4.90 Å². The van der Waals surface area contributed by atoms with Gasteiger partial charge in [-0.05, 0) is 31.2 Å². The highest BCUT2D eigenvalue weighted by molar-refractivity contribution is 5.39. The molecule has 0 saturated heterocycles. The van der Waals surface area contributed by atoms with Gasteiger partial charge in [-0.15, -0.1) is 0 Å². The summed E-state index contributed by atoms with van der Waals surface area (Å²) in [6, 6.07) is 7.93. The van der Waals surface area contributed by atoms with Gasteiger partial charge < -0.3 is 10.5 Å². The van der Waals surface area contributed by atoms with Crippen molar-refractivity contribution < 1.29 is 4.74 Å². The van der Waals surface area contributed by atoms with Crippen molar-refractivity contribution in [2.45, 2.75) is 26.4 Å². The minimum Gasteiger partial charge on any atom is -0.497 e. The van der Waals surface area contributed by atoms with E-state index in [4.69, 9.17) is 10.5 Å². The lowest BCUT2D eigenvalue weighted by Gasteiger charge is -2.27.